The molecular weight excluding hydrogens is 160 g/mol. The van der Waals surface area contributed by atoms with Gasteiger partial charge in [-0.2, -0.15) is 0 Å². The summed E-state index contributed by atoms with van der Waals surface area (Å²) in [5, 5.41) is 2.77. The molecular formula is C9H15F2N. The highest BCUT2D eigenvalue weighted by Gasteiger charge is 2.44. The van der Waals surface area contributed by atoms with Crippen LogP contribution >= 0.6 is 0 Å². The Morgan fingerprint density at radius 1 is 1.33 bits per heavy atom. The van der Waals surface area contributed by atoms with Gasteiger partial charge < -0.3 is 5.32 Å². The maximum Gasteiger partial charge on any atom is 0.264 e. The molecule has 1 aliphatic carbocycles. The molecule has 0 amide bonds. The molecule has 1 saturated heterocycles. The van der Waals surface area contributed by atoms with Crippen molar-refractivity contribution in [3.05, 3.63) is 0 Å². The molecule has 1 N–H and O–H groups in total. The molecule has 12 heavy (non-hydrogen) atoms. The van der Waals surface area contributed by atoms with E-state index in [9.17, 15) is 8.78 Å². The van der Waals surface area contributed by atoms with Gasteiger partial charge in [0.25, 0.3) is 5.92 Å². The Balaban J connectivity index is 1.85. The Hall–Kier alpha value is -0.180. The quantitative estimate of drug-likeness (QED) is 0.677. The lowest BCUT2D eigenvalue weighted by Gasteiger charge is -2.29. The fourth-order valence-electron chi connectivity index (χ4n) is 2.09. The van der Waals surface area contributed by atoms with Gasteiger partial charge in [-0.25, -0.2) is 8.78 Å². The summed E-state index contributed by atoms with van der Waals surface area (Å²) < 4.78 is 26.1. The van der Waals surface area contributed by atoms with Crippen molar-refractivity contribution in [3.63, 3.8) is 0 Å². The Morgan fingerprint density at radius 3 is 2.50 bits per heavy atom. The minimum atomic E-state index is -2.43. The first-order valence-corrected chi connectivity index (χ1v) is 4.77. The molecule has 1 heterocycles. The number of rotatable bonds is 2. The lowest BCUT2D eigenvalue weighted by molar-refractivity contribution is -0.0335. The molecule has 70 valence electrons. The average molecular weight is 175 g/mol. The van der Waals surface area contributed by atoms with Gasteiger partial charge in [-0.3, -0.25) is 0 Å². The predicted octanol–water partition coefficient (Wildman–Crippen LogP) is 2.03. The molecule has 1 unspecified atom stereocenters. The van der Waals surface area contributed by atoms with E-state index in [2.05, 4.69) is 5.32 Å². The summed E-state index contributed by atoms with van der Waals surface area (Å²) in [5.74, 6) is -2.22. The van der Waals surface area contributed by atoms with Gasteiger partial charge in [0.1, 0.15) is 0 Å². The third-order valence-corrected chi connectivity index (χ3v) is 3.19. The molecule has 3 heteroatoms. The van der Waals surface area contributed by atoms with Crippen molar-refractivity contribution in [2.45, 2.75) is 31.6 Å². The van der Waals surface area contributed by atoms with Gasteiger partial charge in [-0.05, 0) is 12.3 Å². The second-order valence-corrected chi connectivity index (χ2v) is 4.12. The zero-order chi connectivity index (χ0) is 8.60. The summed E-state index contributed by atoms with van der Waals surface area (Å²) in [4.78, 5) is 0. The van der Waals surface area contributed by atoms with E-state index in [1.54, 1.807) is 0 Å². The minimum absolute atomic E-state index is 0.107. The van der Waals surface area contributed by atoms with E-state index in [0.29, 0.717) is 12.5 Å². The standard InChI is InChI=1S/C9H15F2N/c10-9(11)6-12-5-8(9)4-7-2-1-3-7/h7-8,12H,1-6H2. The highest BCUT2D eigenvalue weighted by Crippen LogP contribution is 2.39. The van der Waals surface area contributed by atoms with E-state index in [-0.39, 0.29) is 12.5 Å². The molecule has 2 fully saturated rings. The Morgan fingerprint density at radius 2 is 2.08 bits per heavy atom. The van der Waals surface area contributed by atoms with Gasteiger partial charge >= 0.3 is 0 Å². The van der Waals surface area contributed by atoms with Crippen molar-refractivity contribution in [1.29, 1.82) is 0 Å². The Labute approximate surface area is 71.5 Å². The Bertz CT molecular complexity index is 166. The molecule has 2 aliphatic rings. The smallest absolute Gasteiger partial charge is 0.264 e. The zero-order valence-corrected chi connectivity index (χ0v) is 7.15. The van der Waals surface area contributed by atoms with E-state index in [1.807, 2.05) is 0 Å². The van der Waals surface area contributed by atoms with Crippen LogP contribution in [0.3, 0.4) is 0 Å². The number of hydrogen-bond acceptors (Lipinski definition) is 1. The maximum atomic E-state index is 13.1. The first-order valence-electron chi connectivity index (χ1n) is 4.77. The predicted molar refractivity (Wildman–Crippen MR) is 43.3 cm³/mol. The van der Waals surface area contributed by atoms with Crippen LogP contribution in [0.25, 0.3) is 0 Å². The first kappa shape index (κ1) is 8.42. The highest BCUT2D eigenvalue weighted by molar-refractivity contribution is 4.90. The van der Waals surface area contributed by atoms with Gasteiger partial charge in [-0.1, -0.05) is 19.3 Å². The van der Waals surface area contributed by atoms with Gasteiger partial charge in [-0.15, -0.1) is 0 Å². The normalized spacial score (nSPS) is 35.0. The summed E-state index contributed by atoms with van der Waals surface area (Å²) in [6, 6.07) is 0. The van der Waals surface area contributed by atoms with Gasteiger partial charge in [0.2, 0.25) is 0 Å². The zero-order valence-electron chi connectivity index (χ0n) is 7.15. The van der Waals surface area contributed by atoms with E-state index in [1.165, 1.54) is 19.3 Å². The molecule has 1 saturated carbocycles. The van der Waals surface area contributed by atoms with Crippen molar-refractivity contribution in [2.24, 2.45) is 11.8 Å². The summed E-state index contributed by atoms with van der Waals surface area (Å²) in [5.41, 5.74) is 0. The minimum Gasteiger partial charge on any atom is -0.311 e. The van der Waals surface area contributed by atoms with Crippen molar-refractivity contribution in [3.8, 4) is 0 Å². The second kappa shape index (κ2) is 2.95. The van der Waals surface area contributed by atoms with Crippen molar-refractivity contribution in [2.75, 3.05) is 13.1 Å². The SMILES string of the molecule is FC1(F)CNCC1CC1CCC1. The van der Waals surface area contributed by atoms with Crippen LogP contribution in [0, 0.1) is 11.8 Å². The lowest BCUT2D eigenvalue weighted by atomic mass is 9.78. The van der Waals surface area contributed by atoms with Crippen LogP contribution in [0.5, 0.6) is 0 Å². The topological polar surface area (TPSA) is 12.0 Å². The number of hydrogen-bond donors (Lipinski definition) is 1. The van der Waals surface area contributed by atoms with Crippen molar-refractivity contribution >= 4 is 0 Å². The molecule has 2 rings (SSSR count). The summed E-state index contributed by atoms with van der Waals surface area (Å²) >= 11 is 0. The molecule has 0 radical (unpaired) electrons. The van der Waals surface area contributed by atoms with Crippen molar-refractivity contribution in [1.82, 2.24) is 5.32 Å². The van der Waals surface area contributed by atoms with Crippen LogP contribution in [-0.4, -0.2) is 19.0 Å². The van der Waals surface area contributed by atoms with Gasteiger partial charge in [0, 0.05) is 12.5 Å². The van der Waals surface area contributed by atoms with Crippen LogP contribution in [0.1, 0.15) is 25.7 Å². The fraction of sp³-hybridized carbons (Fsp3) is 1.00. The molecule has 1 nitrogen and oxygen atoms in total. The summed E-state index contributed by atoms with van der Waals surface area (Å²) in [6.07, 6.45) is 4.33. The summed E-state index contributed by atoms with van der Waals surface area (Å²) in [6.45, 7) is 0.411. The molecule has 0 aromatic heterocycles. The van der Waals surface area contributed by atoms with Crippen LogP contribution in [0.15, 0.2) is 0 Å². The van der Waals surface area contributed by atoms with E-state index < -0.39 is 5.92 Å². The average Bonchev–Trinajstić information content (AvgIpc) is 2.21. The Kier molecular flexibility index (Phi) is 2.07. The monoisotopic (exact) mass is 175 g/mol. The molecule has 0 aromatic rings. The van der Waals surface area contributed by atoms with E-state index >= 15 is 0 Å². The maximum absolute atomic E-state index is 13.1. The molecule has 0 bridgehead atoms. The van der Waals surface area contributed by atoms with E-state index in [4.69, 9.17) is 0 Å². The molecule has 0 aromatic carbocycles. The number of halogens is 2. The number of alkyl halides is 2. The third-order valence-electron chi connectivity index (χ3n) is 3.19. The van der Waals surface area contributed by atoms with Crippen LogP contribution in [0.4, 0.5) is 8.78 Å². The highest BCUT2D eigenvalue weighted by atomic mass is 19.3. The summed E-state index contributed by atoms with van der Waals surface area (Å²) in [7, 11) is 0. The second-order valence-electron chi connectivity index (χ2n) is 4.12. The first-order chi connectivity index (χ1) is 5.68. The van der Waals surface area contributed by atoms with Crippen molar-refractivity contribution < 1.29 is 8.78 Å². The van der Waals surface area contributed by atoms with Crippen LogP contribution in [0.2, 0.25) is 0 Å². The molecule has 1 atom stereocenters. The van der Waals surface area contributed by atoms with Gasteiger partial charge in [0.05, 0.1) is 6.54 Å². The lowest BCUT2D eigenvalue weighted by Crippen LogP contribution is -2.30. The van der Waals surface area contributed by atoms with Crippen LogP contribution < -0.4 is 5.32 Å². The van der Waals surface area contributed by atoms with E-state index in [0.717, 1.165) is 6.42 Å². The molecule has 0 spiro atoms. The third kappa shape index (κ3) is 1.47. The fourth-order valence-corrected chi connectivity index (χ4v) is 2.09. The number of nitrogens with one attached hydrogen (secondary N) is 1. The molecule has 1 aliphatic heterocycles. The van der Waals surface area contributed by atoms with Crippen LogP contribution in [-0.2, 0) is 0 Å². The van der Waals surface area contributed by atoms with Gasteiger partial charge in [0.15, 0.2) is 0 Å². The largest absolute Gasteiger partial charge is 0.311 e.